The van der Waals surface area contributed by atoms with E-state index in [0.29, 0.717) is 15.6 Å². The number of nitrogens with one attached hydrogen (secondary N) is 1. The molecule has 0 spiro atoms. The van der Waals surface area contributed by atoms with Crippen LogP contribution >= 0.6 is 46.4 Å². The molecule has 0 unspecified atom stereocenters. The normalized spacial score (nSPS) is 10.8. The van der Waals surface area contributed by atoms with Gasteiger partial charge in [-0.1, -0.05) is 64.1 Å². The lowest BCUT2D eigenvalue weighted by atomic mass is 10.1. The number of amides is 1. The smallest absolute Gasteiger partial charge is 0.345 e. The number of benzene rings is 4. The minimum absolute atomic E-state index is 0.0305. The molecule has 0 saturated heterocycles. The molecule has 11 heteroatoms. The lowest BCUT2D eigenvalue weighted by Crippen LogP contribution is -2.18. The van der Waals surface area contributed by atoms with E-state index in [4.69, 9.17) is 55.9 Å². The van der Waals surface area contributed by atoms with Gasteiger partial charge in [0.2, 0.25) is 0 Å². The molecule has 0 heterocycles. The van der Waals surface area contributed by atoms with Crippen molar-refractivity contribution in [3.63, 3.8) is 0 Å². The van der Waals surface area contributed by atoms with E-state index in [1.165, 1.54) is 60.8 Å². The molecule has 0 aliphatic carbocycles. The van der Waals surface area contributed by atoms with E-state index < -0.39 is 17.8 Å². The number of carbonyl (C=O) groups is 3. The van der Waals surface area contributed by atoms with Crippen molar-refractivity contribution in [1.29, 1.82) is 0 Å². The highest BCUT2D eigenvalue weighted by molar-refractivity contribution is 6.37. The van der Waals surface area contributed by atoms with Crippen molar-refractivity contribution in [3.05, 3.63) is 127 Å². The third-order valence-electron chi connectivity index (χ3n) is 5.35. The van der Waals surface area contributed by atoms with E-state index in [1.807, 2.05) is 13.0 Å². The topological polar surface area (TPSA) is 94.1 Å². The van der Waals surface area contributed by atoms with Crippen LogP contribution in [0, 0.1) is 6.92 Å². The number of esters is 2. The monoisotopic (exact) mass is 614 g/mol. The molecule has 4 aromatic carbocycles. The second-order valence-electron chi connectivity index (χ2n) is 8.30. The van der Waals surface area contributed by atoms with Crippen LogP contribution in [0.1, 0.15) is 42.2 Å². The Bertz CT molecular complexity index is 1660. The summed E-state index contributed by atoms with van der Waals surface area (Å²) in [4.78, 5) is 38.1. The molecule has 0 aliphatic rings. The van der Waals surface area contributed by atoms with Gasteiger partial charge in [0.25, 0.3) is 5.91 Å². The van der Waals surface area contributed by atoms with E-state index in [-0.39, 0.29) is 38.2 Å². The SMILES string of the molecule is Cc1cccc(C(=O)NN=Cc2ccc(OC(=O)c3ccc(Cl)cc3Cl)cc2OC(=O)c2ccc(Cl)cc2Cl)c1. The molecule has 0 aromatic heterocycles. The maximum absolute atomic E-state index is 12.9. The Kier molecular flexibility index (Phi) is 9.45. The first-order valence-electron chi connectivity index (χ1n) is 11.5. The van der Waals surface area contributed by atoms with Crippen LogP contribution in [0.25, 0.3) is 0 Å². The number of rotatable bonds is 7. The lowest BCUT2D eigenvalue weighted by molar-refractivity contribution is 0.0732. The molecule has 4 rings (SSSR count). The van der Waals surface area contributed by atoms with Crippen LogP contribution in [-0.4, -0.2) is 24.1 Å². The molecule has 202 valence electrons. The average Bonchev–Trinajstić information content (AvgIpc) is 2.89. The van der Waals surface area contributed by atoms with Crippen LogP contribution in [0.4, 0.5) is 0 Å². The van der Waals surface area contributed by atoms with Crippen molar-refractivity contribution in [2.75, 3.05) is 0 Å². The predicted molar refractivity (Wildman–Crippen MR) is 156 cm³/mol. The molecule has 1 N–H and O–H groups in total. The Hall–Kier alpha value is -3.88. The van der Waals surface area contributed by atoms with Crippen LogP contribution in [0.2, 0.25) is 20.1 Å². The molecule has 0 atom stereocenters. The summed E-state index contributed by atoms with van der Waals surface area (Å²) in [5.74, 6) is -1.98. The van der Waals surface area contributed by atoms with Gasteiger partial charge in [0.1, 0.15) is 11.5 Å². The number of carbonyl (C=O) groups excluding carboxylic acids is 3. The second kappa shape index (κ2) is 13.0. The largest absolute Gasteiger partial charge is 0.423 e. The third kappa shape index (κ3) is 7.40. The summed E-state index contributed by atoms with van der Waals surface area (Å²) in [5.41, 5.74) is 4.18. The van der Waals surface area contributed by atoms with Crippen LogP contribution in [0.3, 0.4) is 0 Å². The molecular formula is C29H18Cl4N2O5. The van der Waals surface area contributed by atoms with Crippen LogP contribution < -0.4 is 14.9 Å². The number of nitrogens with zero attached hydrogens (tertiary/aromatic N) is 1. The van der Waals surface area contributed by atoms with Gasteiger partial charge in [-0.2, -0.15) is 5.10 Å². The molecule has 7 nitrogen and oxygen atoms in total. The first-order chi connectivity index (χ1) is 19.1. The van der Waals surface area contributed by atoms with E-state index in [0.717, 1.165) is 5.56 Å². The highest BCUT2D eigenvalue weighted by atomic mass is 35.5. The van der Waals surface area contributed by atoms with E-state index >= 15 is 0 Å². The summed E-state index contributed by atoms with van der Waals surface area (Å²) in [7, 11) is 0. The maximum Gasteiger partial charge on any atom is 0.345 e. The Balaban J connectivity index is 1.60. The summed E-state index contributed by atoms with van der Waals surface area (Å²) in [6, 6.07) is 19.9. The highest BCUT2D eigenvalue weighted by Crippen LogP contribution is 2.29. The number of halogens is 4. The zero-order valence-electron chi connectivity index (χ0n) is 20.6. The quantitative estimate of drug-likeness (QED) is 0.0990. The molecule has 1 amide bonds. The summed E-state index contributed by atoms with van der Waals surface area (Å²) in [6.07, 6.45) is 1.28. The van der Waals surface area contributed by atoms with Crippen LogP contribution in [-0.2, 0) is 0 Å². The second-order valence-corrected chi connectivity index (χ2v) is 9.98. The fourth-order valence-corrected chi connectivity index (χ4v) is 4.38. The molecule has 0 bridgehead atoms. The number of aryl methyl sites for hydroxylation is 1. The molecule has 0 fully saturated rings. The van der Waals surface area contributed by atoms with Gasteiger partial charge in [0, 0.05) is 27.2 Å². The Morgan fingerprint density at radius 2 is 1.38 bits per heavy atom. The fraction of sp³-hybridized carbons (Fsp3) is 0.0345. The van der Waals surface area contributed by atoms with E-state index in [1.54, 1.807) is 18.2 Å². The maximum atomic E-state index is 12.9. The standard InChI is InChI=1S/C29H18Cl4N2O5/c1-16-3-2-4-17(11-16)27(36)35-34-15-18-5-8-21(39-28(37)22-9-6-19(30)12-24(22)32)14-26(18)40-29(38)23-10-7-20(31)13-25(23)33/h2-15H,1H3,(H,35,36). The van der Waals surface area contributed by atoms with Gasteiger partial charge in [-0.3, -0.25) is 4.79 Å². The zero-order valence-corrected chi connectivity index (χ0v) is 23.6. The van der Waals surface area contributed by atoms with Crippen molar-refractivity contribution in [3.8, 4) is 11.5 Å². The molecule has 40 heavy (non-hydrogen) atoms. The first-order valence-corrected chi connectivity index (χ1v) is 13.0. The minimum Gasteiger partial charge on any atom is -0.423 e. The van der Waals surface area contributed by atoms with Gasteiger partial charge in [-0.15, -0.1) is 0 Å². The Morgan fingerprint density at radius 3 is 1.98 bits per heavy atom. The van der Waals surface area contributed by atoms with Crippen molar-refractivity contribution in [2.24, 2.45) is 5.10 Å². The number of hydrogen-bond donors (Lipinski definition) is 1. The summed E-state index contributed by atoms with van der Waals surface area (Å²) >= 11 is 24.1. The molecule has 0 aliphatic heterocycles. The van der Waals surface area contributed by atoms with E-state index in [2.05, 4.69) is 10.5 Å². The molecular weight excluding hydrogens is 598 g/mol. The van der Waals surface area contributed by atoms with E-state index in [9.17, 15) is 14.4 Å². The van der Waals surface area contributed by atoms with Gasteiger partial charge in [-0.25, -0.2) is 15.0 Å². The summed E-state index contributed by atoms with van der Waals surface area (Å²) in [5, 5.41) is 4.86. The number of ether oxygens (including phenoxy) is 2. The number of hydrogen-bond acceptors (Lipinski definition) is 6. The van der Waals surface area contributed by atoms with Gasteiger partial charge in [-0.05, 0) is 67.6 Å². The fourth-order valence-electron chi connectivity index (χ4n) is 3.41. The minimum atomic E-state index is -0.802. The number of hydrazone groups is 1. The van der Waals surface area contributed by atoms with Gasteiger partial charge in [0.05, 0.1) is 27.4 Å². The first kappa shape index (κ1) is 29.1. The Labute approximate surface area is 249 Å². The third-order valence-corrected chi connectivity index (χ3v) is 6.45. The van der Waals surface area contributed by atoms with Gasteiger partial charge >= 0.3 is 11.9 Å². The summed E-state index contributed by atoms with van der Waals surface area (Å²) in [6.45, 7) is 1.86. The van der Waals surface area contributed by atoms with Crippen LogP contribution in [0.15, 0.2) is 84.0 Å². The van der Waals surface area contributed by atoms with Gasteiger partial charge in [0.15, 0.2) is 0 Å². The molecule has 0 radical (unpaired) electrons. The van der Waals surface area contributed by atoms with Crippen molar-refractivity contribution in [1.82, 2.24) is 5.43 Å². The van der Waals surface area contributed by atoms with Crippen molar-refractivity contribution in [2.45, 2.75) is 6.92 Å². The summed E-state index contributed by atoms with van der Waals surface area (Å²) < 4.78 is 11.0. The zero-order chi connectivity index (χ0) is 28.8. The Morgan fingerprint density at radius 1 is 0.750 bits per heavy atom. The molecule has 4 aromatic rings. The van der Waals surface area contributed by atoms with Crippen molar-refractivity contribution < 1.29 is 23.9 Å². The lowest BCUT2D eigenvalue weighted by Gasteiger charge is -2.12. The van der Waals surface area contributed by atoms with Crippen LogP contribution in [0.5, 0.6) is 11.5 Å². The highest BCUT2D eigenvalue weighted by Gasteiger charge is 2.18. The average molecular weight is 616 g/mol. The predicted octanol–water partition coefficient (Wildman–Crippen LogP) is 7.81. The molecule has 0 saturated carbocycles. The van der Waals surface area contributed by atoms with Crippen molar-refractivity contribution >= 4 is 70.5 Å². The van der Waals surface area contributed by atoms with Gasteiger partial charge < -0.3 is 9.47 Å².